The van der Waals surface area contributed by atoms with E-state index in [1.165, 1.54) is 6.07 Å². The Balaban J connectivity index is 2.08. The van der Waals surface area contributed by atoms with Crippen molar-refractivity contribution in [2.24, 2.45) is 5.92 Å². The second-order valence-corrected chi connectivity index (χ2v) is 6.13. The molecule has 1 aromatic heterocycles. The Kier molecular flexibility index (Phi) is 5.44. The molecule has 0 aliphatic rings. The van der Waals surface area contributed by atoms with Gasteiger partial charge in [0.1, 0.15) is 0 Å². The van der Waals surface area contributed by atoms with Crippen molar-refractivity contribution in [2.75, 3.05) is 13.2 Å². The number of aliphatic hydroxyl groups excluding tert-OH is 1. The van der Waals surface area contributed by atoms with Crippen LogP contribution in [0.15, 0.2) is 36.4 Å². The highest BCUT2D eigenvalue weighted by atomic mass is 32.1. The molecule has 1 aromatic carbocycles. The molecule has 1 atom stereocenters. The quantitative estimate of drug-likeness (QED) is 0.609. The van der Waals surface area contributed by atoms with E-state index in [1.807, 2.05) is 25.1 Å². The third-order valence-electron chi connectivity index (χ3n) is 3.13. The van der Waals surface area contributed by atoms with E-state index < -0.39 is 0 Å². The maximum Gasteiger partial charge on any atom is 0.278 e. The molecule has 0 amide bonds. The van der Waals surface area contributed by atoms with Gasteiger partial charge in [0.05, 0.1) is 10.5 Å². The summed E-state index contributed by atoms with van der Waals surface area (Å²) in [6.07, 6.45) is 0. The standard InChI is InChI=1S/C15H18N2O3S/c1-11(10-18)8-16-9-12-6-7-15(21-12)13-4-2-3-5-14(13)17(19)20/h2-7,11,16,18H,8-10H2,1H3. The van der Waals surface area contributed by atoms with Crippen LogP contribution in [0, 0.1) is 16.0 Å². The molecule has 0 saturated carbocycles. The van der Waals surface area contributed by atoms with Gasteiger partial charge in [-0.25, -0.2) is 0 Å². The number of rotatable bonds is 7. The van der Waals surface area contributed by atoms with Gasteiger partial charge in [0, 0.05) is 35.5 Å². The van der Waals surface area contributed by atoms with Gasteiger partial charge in [0.25, 0.3) is 5.69 Å². The van der Waals surface area contributed by atoms with Gasteiger partial charge in [-0.2, -0.15) is 0 Å². The number of nitro benzene ring substituents is 1. The number of hydrogen-bond acceptors (Lipinski definition) is 5. The zero-order valence-corrected chi connectivity index (χ0v) is 12.6. The van der Waals surface area contributed by atoms with Crippen molar-refractivity contribution in [2.45, 2.75) is 13.5 Å². The van der Waals surface area contributed by atoms with Crippen LogP contribution in [-0.4, -0.2) is 23.2 Å². The van der Waals surface area contributed by atoms with Gasteiger partial charge >= 0.3 is 0 Å². The van der Waals surface area contributed by atoms with Crippen LogP contribution in [0.5, 0.6) is 0 Å². The second-order valence-electron chi connectivity index (χ2n) is 4.96. The molecule has 0 radical (unpaired) electrons. The summed E-state index contributed by atoms with van der Waals surface area (Å²) < 4.78 is 0. The minimum Gasteiger partial charge on any atom is -0.396 e. The maximum atomic E-state index is 11.1. The summed E-state index contributed by atoms with van der Waals surface area (Å²) in [4.78, 5) is 12.7. The predicted octanol–water partition coefficient (Wildman–Crippen LogP) is 3.04. The molecule has 2 N–H and O–H groups in total. The fourth-order valence-corrected chi connectivity index (χ4v) is 2.98. The summed E-state index contributed by atoms with van der Waals surface area (Å²) in [5.41, 5.74) is 0.787. The Morgan fingerprint density at radius 2 is 2.10 bits per heavy atom. The summed E-state index contributed by atoms with van der Waals surface area (Å²) in [5, 5.41) is 23.3. The van der Waals surface area contributed by atoms with Crippen LogP contribution >= 0.6 is 11.3 Å². The summed E-state index contributed by atoms with van der Waals surface area (Å²) in [6.45, 7) is 3.59. The lowest BCUT2D eigenvalue weighted by atomic mass is 10.1. The van der Waals surface area contributed by atoms with Gasteiger partial charge in [-0.1, -0.05) is 19.1 Å². The third-order valence-corrected chi connectivity index (χ3v) is 4.25. The number of aliphatic hydroxyl groups is 1. The molecule has 6 heteroatoms. The van der Waals surface area contributed by atoms with Crippen LogP contribution in [-0.2, 0) is 6.54 Å². The SMILES string of the molecule is CC(CO)CNCc1ccc(-c2ccccc2[N+](=O)[O-])s1. The number of hydrogen-bond donors (Lipinski definition) is 2. The fraction of sp³-hybridized carbons (Fsp3) is 0.333. The van der Waals surface area contributed by atoms with Crippen LogP contribution in [0.1, 0.15) is 11.8 Å². The average molecular weight is 306 g/mol. The lowest BCUT2D eigenvalue weighted by molar-refractivity contribution is -0.384. The van der Waals surface area contributed by atoms with E-state index >= 15 is 0 Å². The Morgan fingerprint density at radius 1 is 1.33 bits per heavy atom. The molecule has 0 aliphatic carbocycles. The van der Waals surface area contributed by atoms with E-state index in [9.17, 15) is 10.1 Å². The van der Waals surface area contributed by atoms with Crippen molar-refractivity contribution < 1.29 is 10.0 Å². The van der Waals surface area contributed by atoms with Crippen molar-refractivity contribution in [1.82, 2.24) is 5.32 Å². The summed E-state index contributed by atoms with van der Waals surface area (Å²) >= 11 is 1.55. The molecule has 0 fully saturated rings. The highest BCUT2D eigenvalue weighted by molar-refractivity contribution is 7.15. The Morgan fingerprint density at radius 3 is 2.81 bits per heavy atom. The lowest BCUT2D eigenvalue weighted by Crippen LogP contribution is -2.22. The number of para-hydroxylation sites is 1. The van der Waals surface area contributed by atoms with Gasteiger partial charge in [-0.3, -0.25) is 10.1 Å². The molecule has 112 valence electrons. The van der Waals surface area contributed by atoms with Crippen molar-refractivity contribution in [3.63, 3.8) is 0 Å². The van der Waals surface area contributed by atoms with Crippen molar-refractivity contribution >= 4 is 17.0 Å². The molecule has 0 saturated heterocycles. The van der Waals surface area contributed by atoms with E-state index in [4.69, 9.17) is 5.11 Å². The monoisotopic (exact) mass is 306 g/mol. The first-order valence-corrected chi connectivity index (χ1v) is 7.57. The van der Waals surface area contributed by atoms with E-state index in [2.05, 4.69) is 5.32 Å². The Labute approximate surface area is 127 Å². The molecule has 1 heterocycles. The zero-order valence-electron chi connectivity index (χ0n) is 11.8. The highest BCUT2D eigenvalue weighted by Crippen LogP contribution is 2.34. The highest BCUT2D eigenvalue weighted by Gasteiger charge is 2.15. The molecule has 0 bridgehead atoms. The first kappa shape index (κ1) is 15.6. The van der Waals surface area contributed by atoms with E-state index in [1.54, 1.807) is 23.5 Å². The first-order chi connectivity index (χ1) is 10.1. The number of nitrogens with one attached hydrogen (secondary N) is 1. The van der Waals surface area contributed by atoms with Crippen LogP contribution in [0.25, 0.3) is 10.4 Å². The number of benzene rings is 1. The molecule has 21 heavy (non-hydrogen) atoms. The second kappa shape index (κ2) is 7.31. The molecule has 2 aromatic rings. The van der Waals surface area contributed by atoms with Gasteiger partial charge < -0.3 is 10.4 Å². The minimum absolute atomic E-state index is 0.132. The Hall–Kier alpha value is -1.76. The molecular weight excluding hydrogens is 288 g/mol. The molecular formula is C15H18N2O3S. The number of nitrogens with zero attached hydrogens (tertiary/aromatic N) is 1. The third kappa shape index (κ3) is 4.10. The number of thiophene rings is 1. The largest absolute Gasteiger partial charge is 0.396 e. The van der Waals surface area contributed by atoms with Crippen molar-refractivity contribution in [3.8, 4) is 10.4 Å². The fourth-order valence-electron chi connectivity index (χ4n) is 1.97. The van der Waals surface area contributed by atoms with Crippen LogP contribution in [0.4, 0.5) is 5.69 Å². The molecule has 1 unspecified atom stereocenters. The maximum absolute atomic E-state index is 11.1. The van der Waals surface area contributed by atoms with E-state index in [-0.39, 0.29) is 23.1 Å². The number of nitro groups is 1. The summed E-state index contributed by atoms with van der Waals surface area (Å²) in [7, 11) is 0. The summed E-state index contributed by atoms with van der Waals surface area (Å²) in [5.74, 6) is 0.222. The van der Waals surface area contributed by atoms with E-state index in [0.29, 0.717) is 12.1 Å². The predicted molar refractivity (Wildman–Crippen MR) is 84.4 cm³/mol. The van der Waals surface area contributed by atoms with Crippen LogP contribution < -0.4 is 5.32 Å². The topological polar surface area (TPSA) is 75.4 Å². The van der Waals surface area contributed by atoms with Gasteiger partial charge in [-0.05, 0) is 24.1 Å². The van der Waals surface area contributed by atoms with Crippen LogP contribution in [0.3, 0.4) is 0 Å². The molecule has 0 spiro atoms. The average Bonchev–Trinajstić information content (AvgIpc) is 2.95. The van der Waals surface area contributed by atoms with Crippen LogP contribution in [0.2, 0.25) is 0 Å². The first-order valence-electron chi connectivity index (χ1n) is 6.76. The van der Waals surface area contributed by atoms with E-state index in [0.717, 1.165) is 16.3 Å². The molecule has 2 rings (SSSR count). The smallest absolute Gasteiger partial charge is 0.278 e. The van der Waals surface area contributed by atoms with Crippen molar-refractivity contribution in [1.29, 1.82) is 0 Å². The van der Waals surface area contributed by atoms with Gasteiger partial charge in [-0.15, -0.1) is 11.3 Å². The summed E-state index contributed by atoms with van der Waals surface area (Å²) in [6, 6.07) is 10.7. The molecule has 0 aliphatic heterocycles. The normalized spacial score (nSPS) is 12.3. The minimum atomic E-state index is -0.351. The van der Waals surface area contributed by atoms with Gasteiger partial charge in [0.15, 0.2) is 0 Å². The van der Waals surface area contributed by atoms with Gasteiger partial charge in [0.2, 0.25) is 0 Å². The zero-order chi connectivity index (χ0) is 15.2. The molecule has 5 nitrogen and oxygen atoms in total. The lowest BCUT2D eigenvalue weighted by Gasteiger charge is -2.08. The van der Waals surface area contributed by atoms with Crippen molar-refractivity contribution in [3.05, 3.63) is 51.4 Å². The Bertz CT molecular complexity index is 612.